The molecule has 56 heavy (non-hydrogen) atoms. The Kier molecular flexibility index (Phi) is 12.6. The second-order valence-electron chi connectivity index (χ2n) is 13.6. The number of methoxy groups -OCH3 is 3. The Labute approximate surface area is 318 Å². The number of fused-ring (bicyclic) bond motifs is 1. The zero-order chi connectivity index (χ0) is 40.7. The maximum atomic E-state index is 14.6. The molecule has 3 aliphatic rings. The van der Waals surface area contributed by atoms with Crippen molar-refractivity contribution in [2.45, 2.75) is 106 Å². The van der Waals surface area contributed by atoms with Gasteiger partial charge in [0.2, 0.25) is 23.8 Å². The fraction of sp³-hybridized carbons (Fsp3) is 0.583. The standard InChI is InChI=1S/C36H46O20/c1-12-22(38)26(42)29(45)34(50-12)52-15-9-18(49-5)21-19(10-15)53-31(14-6-7-16(47-3)17(8-14)48-4)32(25(21)41)55-36-33(28(44)23(39)13(2)51-36)56-35-30(46)27(43)24(40)20(11-37)54-35/h6-10,12-13,20,22-24,26-30,33-40,42-46H,11H2,1-5H3/t12-,13-,20+,22-,23-,24-,26+,27-,28+,29+,30+,33+,34-,35-,36-/m0/s1. The number of hydrogen-bond donors (Lipinski definition) is 9. The first-order chi connectivity index (χ1) is 26.6. The molecule has 0 saturated carbocycles. The first-order valence-electron chi connectivity index (χ1n) is 17.6. The van der Waals surface area contributed by atoms with Crippen LogP contribution in [0, 0.1) is 0 Å². The molecule has 0 unspecified atom stereocenters. The Morgan fingerprint density at radius 1 is 0.625 bits per heavy atom. The van der Waals surface area contributed by atoms with Crippen LogP contribution >= 0.6 is 0 Å². The van der Waals surface area contributed by atoms with Gasteiger partial charge in [-0.1, -0.05) is 0 Å². The number of hydrogen-bond acceptors (Lipinski definition) is 20. The van der Waals surface area contributed by atoms with Gasteiger partial charge < -0.3 is 93.0 Å². The van der Waals surface area contributed by atoms with E-state index < -0.39 is 110 Å². The van der Waals surface area contributed by atoms with Crippen molar-refractivity contribution in [1.29, 1.82) is 0 Å². The second kappa shape index (κ2) is 16.9. The van der Waals surface area contributed by atoms with Crippen LogP contribution in [0.2, 0.25) is 0 Å². The van der Waals surface area contributed by atoms with E-state index in [9.17, 15) is 50.8 Å². The molecule has 6 rings (SSSR count). The molecule has 0 spiro atoms. The van der Waals surface area contributed by atoms with Crippen LogP contribution in [0.5, 0.6) is 28.7 Å². The van der Waals surface area contributed by atoms with Gasteiger partial charge in [0.15, 0.2) is 29.7 Å². The molecule has 0 radical (unpaired) electrons. The summed E-state index contributed by atoms with van der Waals surface area (Å²) in [5.41, 5.74) is -0.804. The minimum Gasteiger partial charge on any atom is -0.496 e. The SMILES string of the molecule is COc1ccc(-c2oc3cc(O[C@@H]4O[C@@H](C)[C@H](O)[C@@H](O)[C@H]4O)cc(OC)c3c(=O)c2O[C@@H]2O[C@@H](C)[C@H](O)[C@@H](O)[C@H]2O[C@@H]2O[C@H](CO)[C@H](O)[C@H](O)[C@H]2O)cc1OC. The molecule has 310 valence electrons. The summed E-state index contributed by atoms with van der Waals surface area (Å²) in [5, 5.41) is 93.8. The molecule has 20 nitrogen and oxygen atoms in total. The van der Waals surface area contributed by atoms with E-state index in [0.29, 0.717) is 5.75 Å². The molecule has 3 aromatic rings. The van der Waals surface area contributed by atoms with E-state index in [0.717, 1.165) is 0 Å². The van der Waals surface area contributed by atoms with Crippen LogP contribution in [0.3, 0.4) is 0 Å². The van der Waals surface area contributed by atoms with E-state index in [1.165, 1.54) is 65.5 Å². The lowest BCUT2D eigenvalue weighted by molar-refractivity contribution is -0.355. The third kappa shape index (κ3) is 7.73. The van der Waals surface area contributed by atoms with E-state index in [1.807, 2.05) is 0 Å². The van der Waals surface area contributed by atoms with Crippen molar-refractivity contribution in [2.75, 3.05) is 27.9 Å². The van der Waals surface area contributed by atoms with E-state index in [4.69, 9.17) is 47.0 Å². The number of ether oxygens (including phenoxy) is 9. The summed E-state index contributed by atoms with van der Waals surface area (Å²) in [7, 11) is 4.05. The van der Waals surface area contributed by atoms with E-state index in [1.54, 1.807) is 0 Å². The van der Waals surface area contributed by atoms with E-state index in [2.05, 4.69) is 0 Å². The summed E-state index contributed by atoms with van der Waals surface area (Å²) in [4.78, 5) is 14.6. The smallest absolute Gasteiger partial charge is 0.239 e. The van der Waals surface area contributed by atoms with Crippen molar-refractivity contribution < 1.29 is 93.0 Å². The molecule has 15 atom stereocenters. The summed E-state index contributed by atoms with van der Waals surface area (Å²) in [5.74, 6) is -0.391. The van der Waals surface area contributed by atoms with Gasteiger partial charge in [-0.25, -0.2) is 0 Å². The number of aliphatic hydroxyl groups is 9. The van der Waals surface area contributed by atoms with Gasteiger partial charge in [0, 0.05) is 17.7 Å². The molecule has 4 heterocycles. The van der Waals surface area contributed by atoms with Crippen LogP contribution in [-0.4, -0.2) is 166 Å². The van der Waals surface area contributed by atoms with Gasteiger partial charge in [0.25, 0.3) is 0 Å². The Bertz CT molecular complexity index is 1890. The Morgan fingerprint density at radius 2 is 1.23 bits per heavy atom. The maximum absolute atomic E-state index is 14.6. The first-order valence-corrected chi connectivity index (χ1v) is 17.6. The summed E-state index contributed by atoms with van der Waals surface area (Å²) < 4.78 is 57.5. The molecular weight excluding hydrogens is 752 g/mol. The summed E-state index contributed by atoms with van der Waals surface area (Å²) in [6.45, 7) is 2.10. The zero-order valence-electron chi connectivity index (χ0n) is 30.8. The largest absolute Gasteiger partial charge is 0.496 e. The third-order valence-corrected chi connectivity index (χ3v) is 9.98. The molecule has 3 aliphatic heterocycles. The molecule has 2 aromatic carbocycles. The van der Waals surface area contributed by atoms with Gasteiger partial charge in [0.1, 0.15) is 77.4 Å². The predicted octanol–water partition coefficient (Wildman–Crippen LogP) is -2.28. The van der Waals surface area contributed by atoms with Crippen LogP contribution in [-0.2, 0) is 18.9 Å². The summed E-state index contributed by atoms with van der Waals surface area (Å²) in [6.07, 6.45) is -23.8. The molecule has 0 bridgehead atoms. The highest BCUT2D eigenvalue weighted by Crippen LogP contribution is 2.41. The fourth-order valence-electron chi connectivity index (χ4n) is 6.68. The summed E-state index contributed by atoms with van der Waals surface area (Å²) in [6, 6.07) is 7.08. The van der Waals surface area contributed by atoms with Crippen molar-refractivity contribution >= 4 is 11.0 Å². The van der Waals surface area contributed by atoms with Gasteiger partial charge >= 0.3 is 0 Å². The average molecular weight is 799 g/mol. The highest BCUT2D eigenvalue weighted by Gasteiger charge is 2.51. The molecule has 0 amide bonds. The van der Waals surface area contributed by atoms with Gasteiger partial charge in [0.05, 0.1) is 40.1 Å². The maximum Gasteiger partial charge on any atom is 0.239 e. The second-order valence-corrected chi connectivity index (χ2v) is 13.6. The Morgan fingerprint density at radius 3 is 1.88 bits per heavy atom. The Balaban J connectivity index is 1.46. The lowest BCUT2D eigenvalue weighted by Gasteiger charge is -2.45. The van der Waals surface area contributed by atoms with Gasteiger partial charge in [-0.15, -0.1) is 0 Å². The van der Waals surface area contributed by atoms with Gasteiger partial charge in [-0.3, -0.25) is 4.79 Å². The quantitative estimate of drug-likeness (QED) is 0.0988. The lowest BCUT2D eigenvalue weighted by atomic mass is 9.97. The highest BCUT2D eigenvalue weighted by molar-refractivity contribution is 5.89. The molecule has 0 aliphatic carbocycles. The summed E-state index contributed by atoms with van der Waals surface area (Å²) >= 11 is 0. The lowest BCUT2D eigenvalue weighted by Crippen LogP contribution is -2.64. The van der Waals surface area contributed by atoms with Crippen molar-refractivity contribution in [3.63, 3.8) is 0 Å². The van der Waals surface area contributed by atoms with Crippen molar-refractivity contribution in [3.8, 4) is 40.1 Å². The predicted molar refractivity (Wildman–Crippen MR) is 186 cm³/mol. The van der Waals surface area contributed by atoms with Crippen molar-refractivity contribution in [2.24, 2.45) is 0 Å². The highest BCUT2D eigenvalue weighted by atomic mass is 16.8. The number of benzene rings is 2. The Hall–Kier alpha value is -3.87. The van der Waals surface area contributed by atoms with Crippen LogP contribution in [0.25, 0.3) is 22.3 Å². The monoisotopic (exact) mass is 798 g/mol. The van der Waals surface area contributed by atoms with Crippen LogP contribution < -0.4 is 29.1 Å². The van der Waals surface area contributed by atoms with Crippen LogP contribution in [0.4, 0.5) is 0 Å². The molecule has 9 N–H and O–H groups in total. The molecule has 3 fully saturated rings. The first kappa shape index (κ1) is 41.8. The molecular formula is C36H46O20. The molecule has 3 saturated heterocycles. The molecule has 20 heteroatoms. The van der Waals surface area contributed by atoms with E-state index in [-0.39, 0.29) is 39.5 Å². The van der Waals surface area contributed by atoms with Crippen LogP contribution in [0.1, 0.15) is 13.8 Å². The minimum absolute atomic E-state index is 0.0428. The number of aliphatic hydroxyl groups excluding tert-OH is 9. The van der Waals surface area contributed by atoms with Crippen molar-refractivity contribution in [3.05, 3.63) is 40.6 Å². The molecule has 1 aromatic heterocycles. The van der Waals surface area contributed by atoms with E-state index >= 15 is 0 Å². The van der Waals surface area contributed by atoms with Crippen LogP contribution in [0.15, 0.2) is 39.5 Å². The normalized spacial score (nSPS) is 36.2. The third-order valence-electron chi connectivity index (χ3n) is 9.98. The zero-order valence-corrected chi connectivity index (χ0v) is 30.8. The number of rotatable bonds is 11. The van der Waals surface area contributed by atoms with Crippen molar-refractivity contribution in [1.82, 2.24) is 0 Å². The minimum atomic E-state index is -1.91. The van der Waals surface area contributed by atoms with Gasteiger partial charge in [-0.2, -0.15) is 0 Å². The van der Waals surface area contributed by atoms with Gasteiger partial charge in [-0.05, 0) is 32.0 Å². The average Bonchev–Trinajstić information content (AvgIpc) is 3.19. The fourth-order valence-corrected chi connectivity index (χ4v) is 6.68. The topological polar surface area (TPSA) is 295 Å².